The average Bonchev–Trinajstić information content (AvgIpc) is 3.19. The Labute approximate surface area is 111 Å². The van der Waals surface area contributed by atoms with Crippen molar-refractivity contribution in [2.45, 2.75) is 19.8 Å². The van der Waals surface area contributed by atoms with E-state index in [1.807, 2.05) is 6.92 Å². The number of carbonyl (C=O) groups excluding carboxylic acids is 1. The van der Waals surface area contributed by atoms with Crippen LogP contribution in [0.15, 0.2) is 18.2 Å². The number of aryl methyl sites for hydroxylation is 1. The molecule has 0 bridgehead atoms. The molecular formula is C13H17N3O3. The van der Waals surface area contributed by atoms with Crippen molar-refractivity contribution in [3.05, 3.63) is 33.9 Å². The molecule has 19 heavy (non-hydrogen) atoms. The molecule has 0 heterocycles. The van der Waals surface area contributed by atoms with E-state index in [0.717, 1.165) is 24.1 Å². The highest BCUT2D eigenvalue weighted by Crippen LogP contribution is 2.28. The highest BCUT2D eigenvalue weighted by Gasteiger charge is 2.28. The summed E-state index contributed by atoms with van der Waals surface area (Å²) in [5.74, 6) is 0.350. The quantitative estimate of drug-likeness (QED) is 0.466. The maximum absolute atomic E-state index is 11.4. The van der Waals surface area contributed by atoms with E-state index in [9.17, 15) is 14.9 Å². The van der Waals surface area contributed by atoms with Gasteiger partial charge in [-0.05, 0) is 31.4 Å². The number of carbonyl (C=O) groups is 1. The average molecular weight is 263 g/mol. The van der Waals surface area contributed by atoms with Crippen molar-refractivity contribution in [3.8, 4) is 0 Å². The van der Waals surface area contributed by atoms with Crippen molar-refractivity contribution >= 4 is 17.3 Å². The standard InChI is InChI=1S/C13H17N3O3/c1-9-8-11(16(18)19)4-5-12(9)14-6-7-15-13(17)10-2-3-10/h4-5,8,10,14H,2-3,6-7H2,1H3,(H,15,17). The van der Waals surface area contributed by atoms with Gasteiger partial charge in [0.1, 0.15) is 0 Å². The van der Waals surface area contributed by atoms with Gasteiger partial charge < -0.3 is 10.6 Å². The number of nitro benzene ring substituents is 1. The largest absolute Gasteiger partial charge is 0.383 e. The van der Waals surface area contributed by atoms with Gasteiger partial charge in [0.15, 0.2) is 0 Å². The van der Waals surface area contributed by atoms with Crippen LogP contribution in [0, 0.1) is 23.0 Å². The summed E-state index contributed by atoms with van der Waals surface area (Å²) >= 11 is 0. The molecule has 6 nitrogen and oxygen atoms in total. The number of hydrogen-bond donors (Lipinski definition) is 2. The van der Waals surface area contributed by atoms with Gasteiger partial charge in [-0.1, -0.05) is 0 Å². The van der Waals surface area contributed by atoms with Gasteiger partial charge in [0.05, 0.1) is 4.92 Å². The highest BCUT2D eigenvalue weighted by atomic mass is 16.6. The number of benzene rings is 1. The molecule has 1 amide bonds. The van der Waals surface area contributed by atoms with Crippen LogP contribution in [0.3, 0.4) is 0 Å². The zero-order valence-electron chi connectivity index (χ0n) is 10.8. The second-order valence-electron chi connectivity index (χ2n) is 4.75. The van der Waals surface area contributed by atoms with Crippen LogP contribution in [0.2, 0.25) is 0 Å². The van der Waals surface area contributed by atoms with Gasteiger partial charge in [0.2, 0.25) is 5.91 Å². The van der Waals surface area contributed by atoms with Crippen molar-refractivity contribution in [3.63, 3.8) is 0 Å². The summed E-state index contributed by atoms with van der Waals surface area (Å²) in [6, 6.07) is 4.69. The Morgan fingerprint density at radius 1 is 1.42 bits per heavy atom. The first-order chi connectivity index (χ1) is 9.08. The van der Waals surface area contributed by atoms with Gasteiger partial charge >= 0.3 is 0 Å². The van der Waals surface area contributed by atoms with E-state index >= 15 is 0 Å². The van der Waals surface area contributed by atoms with Crippen LogP contribution in [0.25, 0.3) is 0 Å². The number of hydrogen-bond acceptors (Lipinski definition) is 4. The van der Waals surface area contributed by atoms with Crippen molar-refractivity contribution < 1.29 is 9.72 Å². The van der Waals surface area contributed by atoms with Crippen LogP contribution >= 0.6 is 0 Å². The molecule has 0 aromatic heterocycles. The number of nitrogens with zero attached hydrogens (tertiary/aromatic N) is 1. The fraction of sp³-hybridized carbons (Fsp3) is 0.462. The first kappa shape index (κ1) is 13.3. The highest BCUT2D eigenvalue weighted by molar-refractivity contribution is 5.80. The van der Waals surface area contributed by atoms with E-state index in [1.165, 1.54) is 12.1 Å². The summed E-state index contributed by atoms with van der Waals surface area (Å²) in [4.78, 5) is 21.6. The monoisotopic (exact) mass is 263 g/mol. The van der Waals surface area contributed by atoms with Crippen molar-refractivity contribution in [2.24, 2.45) is 5.92 Å². The molecule has 2 rings (SSSR count). The minimum atomic E-state index is -0.410. The van der Waals surface area contributed by atoms with Gasteiger partial charge in [-0.3, -0.25) is 14.9 Å². The second-order valence-corrected chi connectivity index (χ2v) is 4.75. The lowest BCUT2D eigenvalue weighted by atomic mass is 10.2. The molecule has 0 atom stereocenters. The first-order valence-corrected chi connectivity index (χ1v) is 6.34. The number of amides is 1. The third kappa shape index (κ3) is 3.67. The molecule has 6 heteroatoms. The van der Waals surface area contributed by atoms with Crippen LogP contribution in [0.5, 0.6) is 0 Å². The SMILES string of the molecule is Cc1cc([N+](=O)[O-])ccc1NCCNC(=O)C1CC1. The smallest absolute Gasteiger partial charge is 0.269 e. The second kappa shape index (κ2) is 5.69. The maximum atomic E-state index is 11.4. The predicted molar refractivity (Wildman–Crippen MR) is 72.1 cm³/mol. The van der Waals surface area contributed by atoms with Crippen molar-refractivity contribution in [1.29, 1.82) is 0 Å². The van der Waals surface area contributed by atoms with Crippen LogP contribution in [-0.2, 0) is 4.79 Å². The van der Waals surface area contributed by atoms with E-state index in [1.54, 1.807) is 6.07 Å². The molecule has 0 spiro atoms. The Balaban J connectivity index is 1.79. The summed E-state index contributed by atoms with van der Waals surface area (Å²) in [5.41, 5.74) is 1.76. The number of nitrogens with one attached hydrogen (secondary N) is 2. The summed E-state index contributed by atoms with van der Waals surface area (Å²) in [6.45, 7) is 2.99. The fourth-order valence-corrected chi connectivity index (χ4v) is 1.83. The molecule has 1 saturated carbocycles. The van der Waals surface area contributed by atoms with E-state index in [0.29, 0.717) is 13.1 Å². The Hall–Kier alpha value is -2.11. The van der Waals surface area contributed by atoms with Gasteiger partial charge in [0.25, 0.3) is 5.69 Å². The third-order valence-electron chi connectivity index (χ3n) is 3.11. The fourth-order valence-electron chi connectivity index (χ4n) is 1.83. The van der Waals surface area contributed by atoms with Gasteiger partial charge in [-0.15, -0.1) is 0 Å². The molecule has 1 aliphatic rings. The van der Waals surface area contributed by atoms with Gasteiger partial charge in [0, 0.05) is 36.8 Å². The normalized spacial score (nSPS) is 13.9. The number of anilines is 1. The Kier molecular flexibility index (Phi) is 3.99. The molecule has 0 aliphatic heterocycles. The molecular weight excluding hydrogens is 246 g/mol. The predicted octanol–water partition coefficient (Wildman–Crippen LogP) is 1.84. The zero-order valence-corrected chi connectivity index (χ0v) is 10.8. The van der Waals surface area contributed by atoms with E-state index in [4.69, 9.17) is 0 Å². The molecule has 0 unspecified atom stereocenters. The first-order valence-electron chi connectivity index (χ1n) is 6.34. The molecule has 0 saturated heterocycles. The Bertz CT molecular complexity index is 498. The maximum Gasteiger partial charge on any atom is 0.269 e. The molecule has 2 N–H and O–H groups in total. The number of rotatable bonds is 6. The summed E-state index contributed by atoms with van der Waals surface area (Å²) < 4.78 is 0. The molecule has 1 aliphatic carbocycles. The van der Waals surface area contributed by atoms with Gasteiger partial charge in [-0.25, -0.2) is 0 Å². The number of non-ortho nitro benzene ring substituents is 1. The Morgan fingerprint density at radius 3 is 2.74 bits per heavy atom. The van der Waals surface area contributed by atoms with Gasteiger partial charge in [-0.2, -0.15) is 0 Å². The molecule has 1 aromatic rings. The number of nitro groups is 1. The van der Waals surface area contributed by atoms with Crippen LogP contribution < -0.4 is 10.6 Å². The summed E-state index contributed by atoms with van der Waals surface area (Å²) in [7, 11) is 0. The lowest BCUT2D eigenvalue weighted by Gasteiger charge is -2.10. The molecule has 1 aromatic carbocycles. The van der Waals surface area contributed by atoms with E-state index < -0.39 is 4.92 Å². The lowest BCUT2D eigenvalue weighted by molar-refractivity contribution is -0.384. The Morgan fingerprint density at radius 2 is 2.16 bits per heavy atom. The van der Waals surface area contributed by atoms with Crippen LogP contribution in [0.4, 0.5) is 11.4 Å². The summed E-state index contributed by atoms with van der Waals surface area (Å²) in [6.07, 6.45) is 2.00. The van der Waals surface area contributed by atoms with Crippen LogP contribution in [0.1, 0.15) is 18.4 Å². The lowest BCUT2D eigenvalue weighted by Crippen LogP contribution is -2.29. The zero-order chi connectivity index (χ0) is 13.8. The minimum absolute atomic E-state index is 0.0880. The summed E-state index contributed by atoms with van der Waals surface area (Å²) in [5, 5.41) is 16.6. The minimum Gasteiger partial charge on any atom is -0.383 e. The van der Waals surface area contributed by atoms with Crippen LogP contribution in [-0.4, -0.2) is 23.9 Å². The van der Waals surface area contributed by atoms with E-state index in [2.05, 4.69) is 10.6 Å². The van der Waals surface area contributed by atoms with Crippen molar-refractivity contribution in [1.82, 2.24) is 5.32 Å². The molecule has 1 fully saturated rings. The topological polar surface area (TPSA) is 84.3 Å². The van der Waals surface area contributed by atoms with Crippen molar-refractivity contribution in [2.75, 3.05) is 18.4 Å². The van der Waals surface area contributed by atoms with E-state index in [-0.39, 0.29) is 17.5 Å². The third-order valence-corrected chi connectivity index (χ3v) is 3.11. The molecule has 102 valence electrons. The molecule has 0 radical (unpaired) electrons.